The largest absolute Gasteiger partial charge is 0.481 e. The first-order chi connectivity index (χ1) is 9.60. The van der Waals surface area contributed by atoms with Gasteiger partial charge in [-0.15, -0.1) is 0 Å². The minimum Gasteiger partial charge on any atom is -0.481 e. The molecule has 0 spiro atoms. The Morgan fingerprint density at radius 1 is 1.40 bits per heavy atom. The summed E-state index contributed by atoms with van der Waals surface area (Å²) in [7, 11) is 1.56. The number of carbonyl (C=O) groups excluding carboxylic acids is 1. The number of hydrogen-bond donors (Lipinski definition) is 1. The monoisotopic (exact) mass is 402 g/mol. The van der Waals surface area contributed by atoms with Crippen LogP contribution in [0.15, 0.2) is 36.5 Å². The Bertz CT molecular complexity index is 617. The van der Waals surface area contributed by atoms with Gasteiger partial charge in [-0.05, 0) is 46.4 Å². The van der Waals surface area contributed by atoms with Gasteiger partial charge in [0, 0.05) is 27.9 Å². The lowest BCUT2D eigenvalue weighted by molar-refractivity contribution is 0.0951. The number of pyridine rings is 1. The Morgan fingerprint density at radius 3 is 2.80 bits per heavy atom. The lowest BCUT2D eigenvalue weighted by Crippen LogP contribution is -2.22. The first kappa shape index (κ1) is 15.1. The van der Waals surface area contributed by atoms with Crippen LogP contribution in [-0.2, 0) is 6.54 Å². The standard InChI is InChI=1S/C14H12ClIN2O2/c1-20-13-5-2-9(7-17-13)8-18-14(19)10-3-4-12(16)11(15)6-10/h2-7H,8H2,1H3,(H,18,19). The number of carbonyl (C=O) groups is 1. The fourth-order valence-electron chi connectivity index (χ4n) is 1.56. The number of hydrogen-bond acceptors (Lipinski definition) is 3. The third kappa shape index (κ3) is 3.83. The number of aromatic nitrogens is 1. The van der Waals surface area contributed by atoms with Gasteiger partial charge in [-0.1, -0.05) is 17.7 Å². The van der Waals surface area contributed by atoms with E-state index in [-0.39, 0.29) is 5.91 Å². The van der Waals surface area contributed by atoms with E-state index in [4.69, 9.17) is 16.3 Å². The number of nitrogens with zero attached hydrogens (tertiary/aromatic N) is 1. The van der Waals surface area contributed by atoms with Crippen molar-refractivity contribution in [2.75, 3.05) is 7.11 Å². The molecule has 0 fully saturated rings. The minimum absolute atomic E-state index is 0.167. The molecule has 0 bridgehead atoms. The third-order valence-corrected chi connectivity index (χ3v) is 4.21. The number of nitrogens with one attached hydrogen (secondary N) is 1. The molecule has 0 atom stereocenters. The summed E-state index contributed by atoms with van der Waals surface area (Å²) < 4.78 is 5.89. The first-order valence-electron chi connectivity index (χ1n) is 5.82. The zero-order chi connectivity index (χ0) is 14.5. The summed E-state index contributed by atoms with van der Waals surface area (Å²) in [5.41, 5.74) is 1.44. The highest BCUT2D eigenvalue weighted by Gasteiger charge is 2.07. The van der Waals surface area contributed by atoms with E-state index < -0.39 is 0 Å². The summed E-state index contributed by atoms with van der Waals surface area (Å²) >= 11 is 8.12. The van der Waals surface area contributed by atoms with Crippen LogP contribution in [0.1, 0.15) is 15.9 Å². The average molecular weight is 403 g/mol. The molecule has 0 unspecified atom stereocenters. The van der Waals surface area contributed by atoms with Crippen LogP contribution in [0.4, 0.5) is 0 Å². The zero-order valence-electron chi connectivity index (χ0n) is 10.7. The second-order valence-electron chi connectivity index (χ2n) is 4.02. The van der Waals surface area contributed by atoms with Gasteiger partial charge in [0.15, 0.2) is 0 Å². The van der Waals surface area contributed by atoms with Crippen molar-refractivity contribution in [2.45, 2.75) is 6.54 Å². The van der Waals surface area contributed by atoms with Gasteiger partial charge in [-0.25, -0.2) is 4.98 Å². The molecule has 0 aliphatic heterocycles. The van der Waals surface area contributed by atoms with Crippen LogP contribution in [-0.4, -0.2) is 18.0 Å². The molecular formula is C14H12ClIN2O2. The Balaban J connectivity index is 1.98. The van der Waals surface area contributed by atoms with Crippen LogP contribution >= 0.6 is 34.2 Å². The predicted molar refractivity (Wildman–Crippen MR) is 86.1 cm³/mol. The summed E-state index contributed by atoms with van der Waals surface area (Å²) in [6.07, 6.45) is 1.67. The Morgan fingerprint density at radius 2 is 2.20 bits per heavy atom. The Labute approximate surface area is 135 Å². The maximum atomic E-state index is 12.0. The van der Waals surface area contributed by atoms with E-state index in [1.54, 1.807) is 31.5 Å². The molecule has 1 aromatic heterocycles. The van der Waals surface area contributed by atoms with E-state index in [9.17, 15) is 4.79 Å². The van der Waals surface area contributed by atoms with E-state index in [0.29, 0.717) is 23.0 Å². The normalized spacial score (nSPS) is 10.2. The highest BCUT2D eigenvalue weighted by Crippen LogP contribution is 2.19. The topological polar surface area (TPSA) is 51.2 Å². The number of amides is 1. The van der Waals surface area contributed by atoms with Crippen LogP contribution in [0.3, 0.4) is 0 Å². The molecule has 0 aliphatic rings. The number of methoxy groups -OCH3 is 1. The number of benzene rings is 1. The van der Waals surface area contributed by atoms with Crippen molar-refractivity contribution in [3.63, 3.8) is 0 Å². The summed E-state index contributed by atoms with van der Waals surface area (Å²) in [5, 5.41) is 3.39. The van der Waals surface area contributed by atoms with E-state index in [1.807, 2.05) is 12.1 Å². The first-order valence-corrected chi connectivity index (χ1v) is 7.28. The molecule has 4 nitrogen and oxygen atoms in total. The summed E-state index contributed by atoms with van der Waals surface area (Å²) in [5.74, 6) is 0.378. The van der Waals surface area contributed by atoms with Crippen LogP contribution in [0.2, 0.25) is 5.02 Å². The summed E-state index contributed by atoms with van der Waals surface area (Å²) in [6, 6.07) is 8.82. The molecule has 2 aromatic rings. The van der Waals surface area contributed by atoms with Crippen molar-refractivity contribution in [3.05, 3.63) is 56.2 Å². The second-order valence-corrected chi connectivity index (χ2v) is 5.59. The molecule has 0 radical (unpaired) electrons. The molecule has 1 amide bonds. The minimum atomic E-state index is -0.167. The van der Waals surface area contributed by atoms with Crippen LogP contribution in [0.5, 0.6) is 5.88 Å². The fraction of sp³-hybridized carbons (Fsp3) is 0.143. The van der Waals surface area contributed by atoms with E-state index in [1.165, 1.54) is 0 Å². The van der Waals surface area contributed by atoms with Crippen molar-refractivity contribution in [2.24, 2.45) is 0 Å². The van der Waals surface area contributed by atoms with Crippen molar-refractivity contribution in [1.82, 2.24) is 10.3 Å². The maximum Gasteiger partial charge on any atom is 0.251 e. The highest BCUT2D eigenvalue weighted by molar-refractivity contribution is 14.1. The molecule has 1 N–H and O–H groups in total. The second kappa shape index (κ2) is 6.90. The summed E-state index contributed by atoms with van der Waals surface area (Å²) in [4.78, 5) is 16.1. The van der Waals surface area contributed by atoms with Gasteiger partial charge >= 0.3 is 0 Å². The van der Waals surface area contributed by atoms with Gasteiger partial charge in [-0.3, -0.25) is 4.79 Å². The average Bonchev–Trinajstić information content (AvgIpc) is 2.48. The molecule has 104 valence electrons. The molecule has 0 aliphatic carbocycles. The van der Waals surface area contributed by atoms with Gasteiger partial charge in [0.25, 0.3) is 5.91 Å². The SMILES string of the molecule is COc1ccc(CNC(=O)c2ccc(I)c(Cl)c2)cn1. The van der Waals surface area contributed by atoms with Crippen molar-refractivity contribution < 1.29 is 9.53 Å². The predicted octanol–water partition coefficient (Wildman–Crippen LogP) is 3.28. The lowest BCUT2D eigenvalue weighted by atomic mass is 10.2. The number of halogens is 2. The molecule has 6 heteroatoms. The van der Waals surface area contributed by atoms with Crippen molar-refractivity contribution in [1.29, 1.82) is 0 Å². The van der Waals surface area contributed by atoms with Gasteiger partial charge in [0.05, 0.1) is 12.1 Å². The quantitative estimate of drug-likeness (QED) is 0.799. The molecule has 1 aromatic carbocycles. The summed E-state index contributed by atoms with van der Waals surface area (Å²) in [6.45, 7) is 0.402. The highest BCUT2D eigenvalue weighted by atomic mass is 127. The van der Waals surface area contributed by atoms with Crippen LogP contribution in [0, 0.1) is 3.57 Å². The van der Waals surface area contributed by atoms with E-state index in [0.717, 1.165) is 9.13 Å². The number of rotatable bonds is 4. The van der Waals surface area contributed by atoms with Crippen LogP contribution in [0.25, 0.3) is 0 Å². The number of ether oxygens (including phenoxy) is 1. The fourth-order valence-corrected chi connectivity index (χ4v) is 2.07. The molecule has 2 rings (SSSR count). The van der Waals surface area contributed by atoms with Crippen LogP contribution < -0.4 is 10.1 Å². The molecule has 0 saturated heterocycles. The van der Waals surface area contributed by atoms with Crippen molar-refractivity contribution >= 4 is 40.1 Å². The van der Waals surface area contributed by atoms with Gasteiger partial charge < -0.3 is 10.1 Å². The van der Waals surface area contributed by atoms with E-state index in [2.05, 4.69) is 32.9 Å². The lowest BCUT2D eigenvalue weighted by Gasteiger charge is -2.06. The van der Waals surface area contributed by atoms with E-state index >= 15 is 0 Å². The third-order valence-electron chi connectivity index (χ3n) is 2.64. The van der Waals surface area contributed by atoms with Crippen molar-refractivity contribution in [3.8, 4) is 5.88 Å². The Hall–Kier alpha value is -1.34. The maximum absolute atomic E-state index is 12.0. The molecule has 0 saturated carbocycles. The van der Waals surface area contributed by atoms with Gasteiger partial charge in [0.2, 0.25) is 5.88 Å². The zero-order valence-corrected chi connectivity index (χ0v) is 13.6. The van der Waals surface area contributed by atoms with Gasteiger partial charge in [0.1, 0.15) is 0 Å². The molecular weight excluding hydrogens is 391 g/mol. The Kier molecular flexibility index (Phi) is 5.19. The smallest absolute Gasteiger partial charge is 0.251 e. The van der Waals surface area contributed by atoms with Gasteiger partial charge in [-0.2, -0.15) is 0 Å². The molecule has 1 heterocycles. The molecule has 20 heavy (non-hydrogen) atoms.